The lowest BCUT2D eigenvalue weighted by atomic mass is 10.1. The van der Waals surface area contributed by atoms with Gasteiger partial charge in [-0.3, -0.25) is 4.79 Å². The minimum atomic E-state index is -0.316. The molecule has 42 heavy (non-hydrogen) atoms. The Morgan fingerprint density at radius 2 is 1.74 bits per heavy atom. The maximum Gasteiger partial charge on any atom is 0.271 e. The van der Waals surface area contributed by atoms with Gasteiger partial charge in [0, 0.05) is 30.8 Å². The first-order valence-corrected chi connectivity index (χ1v) is 15.4. The molecule has 1 heterocycles. The second-order valence-corrected chi connectivity index (χ2v) is 11.5. The van der Waals surface area contributed by atoms with Crippen molar-refractivity contribution in [2.45, 2.75) is 13.5 Å². The molecule has 1 aromatic heterocycles. The third-order valence-electron chi connectivity index (χ3n) is 6.00. The number of nitrogens with one attached hydrogen (secondary N) is 2. The third-order valence-corrected chi connectivity index (χ3v) is 7.73. The van der Waals surface area contributed by atoms with Crippen LogP contribution in [0.1, 0.15) is 28.4 Å². The first kappa shape index (κ1) is 29.6. The van der Waals surface area contributed by atoms with Gasteiger partial charge in [0.2, 0.25) is 0 Å². The summed E-state index contributed by atoms with van der Waals surface area (Å²) in [6.45, 7) is 2.85. The van der Waals surface area contributed by atoms with Crippen molar-refractivity contribution in [1.82, 2.24) is 10.4 Å². The largest absolute Gasteiger partial charge is 0.490 e. The van der Waals surface area contributed by atoms with E-state index in [9.17, 15) is 4.79 Å². The number of amides is 1. The smallest absolute Gasteiger partial charge is 0.271 e. The van der Waals surface area contributed by atoms with Gasteiger partial charge in [0.05, 0.1) is 18.5 Å². The fourth-order valence-corrected chi connectivity index (χ4v) is 5.10. The molecular weight excluding hydrogens is 683 g/mol. The molecule has 2 N–H and O–H groups in total. The van der Waals surface area contributed by atoms with Crippen molar-refractivity contribution in [3.63, 3.8) is 0 Å². The number of rotatable bonds is 11. The van der Waals surface area contributed by atoms with E-state index in [4.69, 9.17) is 21.1 Å². The topological polar surface area (TPSA) is 84.8 Å². The van der Waals surface area contributed by atoms with Crippen molar-refractivity contribution < 1.29 is 14.3 Å². The number of ether oxygens (including phenoxy) is 2. The van der Waals surface area contributed by atoms with Crippen molar-refractivity contribution in [2.75, 3.05) is 11.9 Å². The molecule has 7 nitrogen and oxygen atoms in total. The van der Waals surface area contributed by atoms with Crippen molar-refractivity contribution in [3.8, 4) is 22.8 Å². The molecule has 0 unspecified atom stereocenters. The Labute approximate surface area is 266 Å². The summed E-state index contributed by atoms with van der Waals surface area (Å²) >= 11 is 9.73. The number of hydrogen-bond donors (Lipinski definition) is 2. The number of benzene rings is 4. The van der Waals surface area contributed by atoms with Crippen LogP contribution >= 0.6 is 45.5 Å². The zero-order valence-electron chi connectivity index (χ0n) is 22.5. The second-order valence-electron chi connectivity index (χ2n) is 9.00. The van der Waals surface area contributed by atoms with Gasteiger partial charge in [-0.05, 0) is 107 Å². The van der Waals surface area contributed by atoms with Crippen LogP contribution in [-0.2, 0) is 6.61 Å². The van der Waals surface area contributed by atoms with E-state index in [2.05, 4.69) is 43.4 Å². The summed E-state index contributed by atoms with van der Waals surface area (Å²) < 4.78 is 12.9. The second kappa shape index (κ2) is 14.3. The molecule has 0 aliphatic heterocycles. The van der Waals surface area contributed by atoms with Crippen LogP contribution in [0.5, 0.6) is 11.5 Å². The van der Waals surface area contributed by atoms with Gasteiger partial charge in [-0.15, -0.1) is 11.3 Å². The summed E-state index contributed by atoms with van der Waals surface area (Å²) in [4.78, 5) is 17.3. The third kappa shape index (κ3) is 8.09. The summed E-state index contributed by atoms with van der Waals surface area (Å²) in [6, 6.07) is 28.4. The number of aromatic nitrogens is 1. The minimum Gasteiger partial charge on any atom is -0.490 e. The molecule has 0 fully saturated rings. The van der Waals surface area contributed by atoms with Gasteiger partial charge in [0.15, 0.2) is 16.6 Å². The van der Waals surface area contributed by atoms with Crippen LogP contribution in [0.2, 0.25) is 5.02 Å². The van der Waals surface area contributed by atoms with Crippen LogP contribution < -0.4 is 20.2 Å². The Kier molecular flexibility index (Phi) is 10.1. The summed E-state index contributed by atoms with van der Waals surface area (Å²) in [5.41, 5.74) is 7.54. The number of thiazole rings is 1. The highest BCUT2D eigenvalue weighted by Crippen LogP contribution is 2.30. The molecule has 0 saturated carbocycles. The van der Waals surface area contributed by atoms with Gasteiger partial charge in [0.25, 0.3) is 5.91 Å². The lowest BCUT2D eigenvalue weighted by Crippen LogP contribution is -2.17. The van der Waals surface area contributed by atoms with Gasteiger partial charge in [-0.25, -0.2) is 10.4 Å². The summed E-state index contributed by atoms with van der Waals surface area (Å²) in [6.07, 6.45) is 1.57. The number of anilines is 2. The SMILES string of the molecule is CCOc1cc(/C=N\NC(=O)c2ccc(-c3csc(Nc4ccc(Cl)cc4)n3)cc2)ccc1OCc1ccc(I)cc1. The van der Waals surface area contributed by atoms with Crippen molar-refractivity contribution in [2.24, 2.45) is 5.10 Å². The van der Waals surface area contributed by atoms with Crippen molar-refractivity contribution in [1.29, 1.82) is 0 Å². The Hall–Kier alpha value is -3.93. The number of hydrazone groups is 1. The standard InChI is InChI=1S/C32H26ClIN4O3S/c1-2-40-30-17-22(5-16-29(30)41-19-21-3-12-26(34)13-4-21)18-35-38-31(39)24-8-6-23(7-9-24)28-20-42-32(37-28)36-27-14-10-25(33)11-15-27/h3-18,20H,2,19H2,1H3,(H,36,37)(H,38,39)/b35-18-. The highest BCUT2D eigenvalue weighted by molar-refractivity contribution is 14.1. The molecule has 10 heteroatoms. The fourth-order valence-electron chi connectivity index (χ4n) is 3.88. The van der Waals surface area contributed by atoms with Gasteiger partial charge >= 0.3 is 0 Å². The average molecular weight is 709 g/mol. The number of carbonyl (C=O) groups excluding carboxylic acids is 1. The summed E-state index contributed by atoms with van der Waals surface area (Å²) in [5.74, 6) is 0.941. The molecule has 0 aliphatic carbocycles. The Bertz CT molecular complexity index is 1670. The van der Waals surface area contributed by atoms with E-state index in [1.165, 1.54) is 14.9 Å². The van der Waals surface area contributed by atoms with E-state index in [1.807, 2.05) is 91.2 Å². The maximum atomic E-state index is 12.7. The molecule has 212 valence electrons. The maximum absolute atomic E-state index is 12.7. The molecule has 5 aromatic rings. The molecule has 0 atom stereocenters. The Morgan fingerprint density at radius 3 is 2.48 bits per heavy atom. The van der Waals surface area contributed by atoms with E-state index in [0.717, 1.165) is 33.2 Å². The molecule has 0 radical (unpaired) electrons. The highest BCUT2D eigenvalue weighted by Gasteiger charge is 2.10. The van der Waals surface area contributed by atoms with Crippen molar-refractivity contribution >= 4 is 68.5 Å². The number of hydrogen-bond acceptors (Lipinski definition) is 7. The van der Waals surface area contributed by atoms with E-state index in [1.54, 1.807) is 18.3 Å². The monoisotopic (exact) mass is 708 g/mol. The van der Waals surface area contributed by atoms with E-state index in [-0.39, 0.29) is 5.91 Å². The molecule has 0 saturated heterocycles. The molecule has 0 bridgehead atoms. The zero-order valence-corrected chi connectivity index (χ0v) is 26.2. The van der Waals surface area contributed by atoms with Gasteiger partial charge < -0.3 is 14.8 Å². The average Bonchev–Trinajstić information content (AvgIpc) is 3.47. The fraction of sp³-hybridized carbons (Fsp3) is 0.0938. The minimum absolute atomic E-state index is 0.316. The first-order chi connectivity index (χ1) is 20.5. The Balaban J connectivity index is 1.17. The van der Waals surface area contributed by atoms with Crippen LogP contribution in [0.15, 0.2) is 101 Å². The van der Waals surface area contributed by atoms with Crippen LogP contribution in [0.25, 0.3) is 11.3 Å². The van der Waals surface area contributed by atoms with Gasteiger partial charge in [0.1, 0.15) is 6.61 Å². The van der Waals surface area contributed by atoms with Crippen LogP contribution in [0.4, 0.5) is 10.8 Å². The number of halogens is 2. The molecule has 0 aliphatic rings. The highest BCUT2D eigenvalue weighted by atomic mass is 127. The van der Waals surface area contributed by atoms with E-state index >= 15 is 0 Å². The quantitative estimate of drug-likeness (QED) is 0.0817. The van der Waals surface area contributed by atoms with E-state index in [0.29, 0.717) is 35.3 Å². The molecule has 4 aromatic carbocycles. The van der Waals surface area contributed by atoms with Crippen LogP contribution in [0, 0.1) is 3.57 Å². The first-order valence-electron chi connectivity index (χ1n) is 13.0. The van der Waals surface area contributed by atoms with Crippen molar-refractivity contribution in [3.05, 3.63) is 122 Å². The predicted molar refractivity (Wildman–Crippen MR) is 178 cm³/mol. The summed E-state index contributed by atoms with van der Waals surface area (Å²) in [7, 11) is 0. The normalized spacial score (nSPS) is 10.9. The molecule has 1 amide bonds. The van der Waals surface area contributed by atoms with Crippen LogP contribution in [-0.4, -0.2) is 23.7 Å². The zero-order chi connectivity index (χ0) is 29.3. The number of carbonyl (C=O) groups is 1. The molecule has 0 spiro atoms. The van der Waals surface area contributed by atoms with Crippen LogP contribution in [0.3, 0.4) is 0 Å². The van der Waals surface area contributed by atoms with Gasteiger partial charge in [-0.1, -0.05) is 35.9 Å². The summed E-state index contributed by atoms with van der Waals surface area (Å²) in [5, 5.41) is 10.8. The Morgan fingerprint density at radius 1 is 0.976 bits per heavy atom. The van der Waals surface area contributed by atoms with E-state index < -0.39 is 0 Å². The molecule has 5 rings (SSSR count). The van der Waals surface area contributed by atoms with Gasteiger partial charge in [-0.2, -0.15) is 5.10 Å². The molecular formula is C32H26ClIN4O3S. The lowest BCUT2D eigenvalue weighted by molar-refractivity contribution is 0.0955. The number of nitrogens with zero attached hydrogens (tertiary/aromatic N) is 2. The predicted octanol–water partition coefficient (Wildman–Crippen LogP) is 8.55. The lowest BCUT2D eigenvalue weighted by Gasteiger charge is -2.12.